The van der Waals surface area contributed by atoms with Crippen LogP contribution in [-0.4, -0.2) is 5.78 Å². The van der Waals surface area contributed by atoms with Gasteiger partial charge in [-0.15, -0.1) is 0 Å². The van der Waals surface area contributed by atoms with Crippen LogP contribution in [0.15, 0.2) is 54.6 Å². The molecule has 0 saturated heterocycles. The number of hydrogen-bond donors (Lipinski definition) is 1. The van der Waals surface area contributed by atoms with Crippen LogP contribution in [-0.2, 0) is 11.2 Å². The Bertz CT molecular complexity index is 673. The Morgan fingerprint density at radius 2 is 1.62 bits per heavy atom. The number of hydrogen-bond acceptors (Lipinski definition) is 2. The maximum Gasteiger partial charge on any atom is 0.141 e. The largest absolute Gasteiger partial charge is 0.377 e. The molecule has 106 valence electrons. The Morgan fingerprint density at radius 3 is 2.38 bits per heavy atom. The number of para-hydroxylation sites is 1. The molecule has 1 spiro atoms. The van der Waals surface area contributed by atoms with Gasteiger partial charge in [-0.2, -0.15) is 0 Å². The fraction of sp³-hybridized carbons (Fsp3) is 0.316. The summed E-state index contributed by atoms with van der Waals surface area (Å²) >= 11 is 0. The number of carbonyl (C=O) groups is 1. The third-order valence-corrected chi connectivity index (χ3v) is 4.97. The number of carbonyl (C=O) groups excluding carboxylic acids is 1. The fourth-order valence-corrected chi connectivity index (χ4v) is 3.58. The number of nitrogens with one attached hydrogen (secondary N) is 1. The van der Waals surface area contributed by atoms with Crippen LogP contribution in [0.3, 0.4) is 0 Å². The first kappa shape index (κ1) is 12.6. The van der Waals surface area contributed by atoms with Crippen LogP contribution in [0.4, 0.5) is 5.69 Å². The summed E-state index contributed by atoms with van der Waals surface area (Å²) in [6.07, 6.45) is 3.55. The third-order valence-electron chi connectivity index (χ3n) is 4.97. The molecule has 1 unspecified atom stereocenters. The number of fused-ring (bicyclic) bond motifs is 1. The van der Waals surface area contributed by atoms with Crippen LogP contribution >= 0.6 is 0 Å². The molecule has 0 radical (unpaired) electrons. The van der Waals surface area contributed by atoms with Crippen molar-refractivity contribution < 1.29 is 4.79 Å². The highest BCUT2D eigenvalue weighted by molar-refractivity contribution is 5.90. The second-order valence-corrected chi connectivity index (χ2v) is 6.22. The smallest absolute Gasteiger partial charge is 0.141 e. The quantitative estimate of drug-likeness (QED) is 0.849. The van der Waals surface area contributed by atoms with Crippen molar-refractivity contribution in [1.29, 1.82) is 0 Å². The molecule has 2 heteroatoms. The number of Topliss-reactive ketones (excluding diaryl/α,β-unsaturated/α-hetero) is 1. The molecule has 1 heterocycles. The van der Waals surface area contributed by atoms with Gasteiger partial charge in [-0.3, -0.25) is 4.79 Å². The SMILES string of the molecule is O=C1CCc2ccccc2NC(c2ccccc2)C12CC2. The lowest BCUT2D eigenvalue weighted by Crippen LogP contribution is -2.31. The molecule has 1 saturated carbocycles. The van der Waals surface area contributed by atoms with Gasteiger partial charge in [0, 0.05) is 12.1 Å². The van der Waals surface area contributed by atoms with E-state index in [1.807, 2.05) is 6.07 Å². The topological polar surface area (TPSA) is 29.1 Å². The molecular formula is C19H19NO. The molecule has 1 atom stereocenters. The minimum Gasteiger partial charge on any atom is -0.377 e. The van der Waals surface area contributed by atoms with Gasteiger partial charge in [0.2, 0.25) is 0 Å². The van der Waals surface area contributed by atoms with E-state index in [2.05, 4.69) is 53.8 Å². The average Bonchev–Trinajstić information content (AvgIpc) is 3.33. The van der Waals surface area contributed by atoms with E-state index in [1.165, 1.54) is 16.8 Å². The van der Waals surface area contributed by atoms with Crippen LogP contribution < -0.4 is 5.32 Å². The highest BCUT2D eigenvalue weighted by Crippen LogP contribution is 2.58. The molecule has 1 N–H and O–H groups in total. The van der Waals surface area contributed by atoms with E-state index >= 15 is 0 Å². The summed E-state index contributed by atoms with van der Waals surface area (Å²) in [5.74, 6) is 0.429. The summed E-state index contributed by atoms with van der Waals surface area (Å²) in [4.78, 5) is 12.7. The summed E-state index contributed by atoms with van der Waals surface area (Å²) in [7, 11) is 0. The van der Waals surface area contributed by atoms with Gasteiger partial charge in [0.05, 0.1) is 11.5 Å². The molecule has 0 bridgehead atoms. The van der Waals surface area contributed by atoms with E-state index in [4.69, 9.17) is 0 Å². The van der Waals surface area contributed by atoms with Crippen molar-refractivity contribution in [2.75, 3.05) is 5.32 Å². The predicted molar refractivity (Wildman–Crippen MR) is 84.2 cm³/mol. The second-order valence-electron chi connectivity index (χ2n) is 6.22. The summed E-state index contributed by atoms with van der Waals surface area (Å²) in [6.45, 7) is 0. The van der Waals surface area contributed by atoms with Crippen LogP contribution in [0.25, 0.3) is 0 Å². The lowest BCUT2D eigenvalue weighted by atomic mass is 9.82. The van der Waals surface area contributed by atoms with Crippen molar-refractivity contribution >= 4 is 11.5 Å². The van der Waals surface area contributed by atoms with Gasteiger partial charge in [-0.1, -0.05) is 48.5 Å². The standard InChI is InChI=1S/C19H19NO/c21-17-11-10-14-6-4-5-9-16(14)20-18(19(17)12-13-19)15-7-2-1-3-8-15/h1-9,18,20H,10-13H2. The van der Waals surface area contributed by atoms with Gasteiger partial charge < -0.3 is 5.32 Å². The van der Waals surface area contributed by atoms with Crippen molar-refractivity contribution in [3.63, 3.8) is 0 Å². The average molecular weight is 277 g/mol. The second kappa shape index (κ2) is 4.73. The van der Waals surface area contributed by atoms with E-state index in [0.717, 1.165) is 19.3 Å². The lowest BCUT2D eigenvalue weighted by Gasteiger charge is -2.31. The van der Waals surface area contributed by atoms with Crippen LogP contribution in [0.2, 0.25) is 0 Å². The zero-order valence-electron chi connectivity index (χ0n) is 12.0. The summed E-state index contributed by atoms with van der Waals surface area (Å²) < 4.78 is 0. The Balaban J connectivity index is 1.81. The van der Waals surface area contributed by atoms with E-state index in [1.54, 1.807) is 0 Å². The predicted octanol–water partition coefficient (Wildman–Crippen LogP) is 4.14. The molecule has 2 aliphatic rings. The van der Waals surface area contributed by atoms with E-state index in [-0.39, 0.29) is 11.5 Å². The maximum absolute atomic E-state index is 12.7. The third kappa shape index (κ3) is 2.06. The first-order chi connectivity index (χ1) is 10.3. The van der Waals surface area contributed by atoms with Crippen LogP contribution in [0, 0.1) is 5.41 Å². The minimum atomic E-state index is -0.172. The number of benzene rings is 2. The summed E-state index contributed by atoms with van der Waals surface area (Å²) in [6, 6.07) is 18.9. The van der Waals surface area contributed by atoms with Gasteiger partial charge in [0.25, 0.3) is 0 Å². The molecule has 21 heavy (non-hydrogen) atoms. The highest BCUT2D eigenvalue weighted by Gasteiger charge is 2.55. The Labute approximate surface area is 125 Å². The van der Waals surface area contributed by atoms with E-state index < -0.39 is 0 Å². The maximum atomic E-state index is 12.7. The molecule has 1 aliphatic heterocycles. The van der Waals surface area contributed by atoms with Crippen molar-refractivity contribution in [3.05, 3.63) is 65.7 Å². The number of anilines is 1. The van der Waals surface area contributed by atoms with Crippen LogP contribution in [0.1, 0.15) is 36.4 Å². The first-order valence-electron chi connectivity index (χ1n) is 7.72. The van der Waals surface area contributed by atoms with E-state index in [9.17, 15) is 4.79 Å². The molecule has 4 rings (SSSR count). The molecule has 2 aromatic carbocycles. The van der Waals surface area contributed by atoms with Gasteiger partial charge in [0.15, 0.2) is 0 Å². The van der Waals surface area contributed by atoms with Crippen molar-refractivity contribution in [1.82, 2.24) is 0 Å². The Morgan fingerprint density at radius 1 is 0.905 bits per heavy atom. The molecule has 2 nitrogen and oxygen atoms in total. The monoisotopic (exact) mass is 277 g/mol. The first-order valence-corrected chi connectivity index (χ1v) is 7.72. The number of rotatable bonds is 1. The van der Waals surface area contributed by atoms with Gasteiger partial charge in [0.1, 0.15) is 5.78 Å². The van der Waals surface area contributed by atoms with Crippen LogP contribution in [0.5, 0.6) is 0 Å². The minimum absolute atomic E-state index is 0.104. The molecule has 0 aromatic heterocycles. The highest BCUT2D eigenvalue weighted by atomic mass is 16.1. The van der Waals surface area contributed by atoms with Crippen molar-refractivity contribution in [2.24, 2.45) is 5.41 Å². The molecule has 1 fully saturated rings. The zero-order chi connectivity index (χ0) is 14.3. The molecule has 2 aromatic rings. The normalized spacial score (nSPS) is 22.9. The van der Waals surface area contributed by atoms with Crippen molar-refractivity contribution in [2.45, 2.75) is 31.7 Å². The van der Waals surface area contributed by atoms with Gasteiger partial charge in [-0.25, -0.2) is 0 Å². The number of aryl methyl sites for hydroxylation is 1. The summed E-state index contributed by atoms with van der Waals surface area (Å²) in [5.41, 5.74) is 3.49. The molecule has 1 aliphatic carbocycles. The fourth-order valence-electron chi connectivity index (χ4n) is 3.58. The zero-order valence-corrected chi connectivity index (χ0v) is 12.0. The van der Waals surface area contributed by atoms with Crippen molar-refractivity contribution in [3.8, 4) is 0 Å². The molecular weight excluding hydrogens is 258 g/mol. The lowest BCUT2D eigenvalue weighted by molar-refractivity contribution is -0.124. The Hall–Kier alpha value is -2.09. The van der Waals surface area contributed by atoms with Gasteiger partial charge >= 0.3 is 0 Å². The van der Waals surface area contributed by atoms with Gasteiger partial charge in [-0.05, 0) is 36.5 Å². The summed E-state index contributed by atoms with van der Waals surface area (Å²) in [5, 5.41) is 3.68. The molecule has 0 amide bonds. The van der Waals surface area contributed by atoms with E-state index in [0.29, 0.717) is 12.2 Å². The Kier molecular flexibility index (Phi) is 2.85. The number of ketones is 1.